The number of nitrogens with one attached hydrogen (secondary N) is 1. The fraction of sp³-hybridized carbons (Fsp3) is 0.0909. The van der Waals surface area contributed by atoms with E-state index in [-0.39, 0.29) is 6.15 Å². The van der Waals surface area contributed by atoms with Gasteiger partial charge in [-0.15, -0.1) is 0 Å². The van der Waals surface area contributed by atoms with Crippen LogP contribution >= 0.6 is 15.9 Å². The number of pyridine rings is 2. The zero-order valence-electron chi connectivity index (χ0n) is 9.10. The summed E-state index contributed by atoms with van der Waals surface area (Å²) in [5, 5.41) is 2.96. The van der Waals surface area contributed by atoms with Crippen LogP contribution in [0.1, 0.15) is 0 Å². The van der Waals surface area contributed by atoms with Gasteiger partial charge >= 0.3 is 0 Å². The van der Waals surface area contributed by atoms with Gasteiger partial charge < -0.3 is 11.5 Å². The van der Waals surface area contributed by atoms with Gasteiger partial charge in [-0.3, -0.25) is 9.97 Å². The van der Waals surface area contributed by atoms with Crippen LogP contribution in [0.5, 0.6) is 0 Å². The zero-order chi connectivity index (χ0) is 10.9. The van der Waals surface area contributed by atoms with E-state index < -0.39 is 0 Å². The molecule has 4 nitrogen and oxygen atoms in total. The van der Waals surface area contributed by atoms with Gasteiger partial charge in [0.2, 0.25) is 0 Å². The van der Waals surface area contributed by atoms with Crippen LogP contribution < -0.4 is 11.5 Å². The Morgan fingerprint density at radius 1 is 1.06 bits per heavy atom. The predicted octanol–water partition coefficient (Wildman–Crippen LogP) is 3.13. The molecule has 0 atom stereocenters. The Balaban J connectivity index is 0.000000267. The first-order chi connectivity index (χ1) is 7.33. The Morgan fingerprint density at radius 3 is 1.94 bits per heavy atom. The largest absolute Gasteiger partial charge is 0.387 e. The molecule has 0 aliphatic heterocycles. The highest BCUT2D eigenvalue weighted by Gasteiger charge is 1.79. The fourth-order valence-corrected chi connectivity index (χ4v) is 1.12. The Kier molecular flexibility index (Phi) is 8.01. The van der Waals surface area contributed by atoms with Crippen LogP contribution in [0.4, 0.5) is 5.69 Å². The minimum absolute atomic E-state index is 0. The first-order valence-electron chi connectivity index (χ1n) is 4.46. The van der Waals surface area contributed by atoms with E-state index in [9.17, 15) is 0 Å². The van der Waals surface area contributed by atoms with Crippen LogP contribution in [0.25, 0.3) is 0 Å². The molecule has 0 radical (unpaired) electrons. The molecular weight excluding hydrogens is 268 g/mol. The molecule has 86 valence electrons. The third kappa shape index (κ3) is 6.10. The van der Waals surface area contributed by atoms with Crippen molar-refractivity contribution in [1.82, 2.24) is 16.1 Å². The number of nitrogens with zero attached hydrogens (tertiary/aromatic N) is 2. The summed E-state index contributed by atoms with van der Waals surface area (Å²) < 4.78 is 1.02. The molecule has 16 heavy (non-hydrogen) atoms. The van der Waals surface area contributed by atoms with E-state index in [1.165, 1.54) is 0 Å². The molecule has 0 saturated heterocycles. The average Bonchev–Trinajstić information content (AvgIpc) is 2.32. The lowest BCUT2D eigenvalue weighted by atomic mass is 10.4. The molecule has 0 spiro atoms. The summed E-state index contributed by atoms with van der Waals surface area (Å²) in [6.07, 6.45) is 7.02. The topological polar surface area (TPSA) is 72.8 Å². The molecule has 2 aromatic rings. The Bertz CT molecular complexity index is 366. The minimum Gasteiger partial charge on any atom is -0.387 e. The van der Waals surface area contributed by atoms with Crippen LogP contribution in [0.3, 0.4) is 0 Å². The van der Waals surface area contributed by atoms with Gasteiger partial charge in [0.15, 0.2) is 0 Å². The molecule has 0 aliphatic carbocycles. The second kappa shape index (κ2) is 8.82. The number of aromatic nitrogens is 2. The third-order valence-electron chi connectivity index (χ3n) is 1.58. The molecule has 2 rings (SSSR count). The van der Waals surface area contributed by atoms with Gasteiger partial charge in [-0.25, -0.2) is 0 Å². The average molecular weight is 283 g/mol. The number of hydrogen-bond donors (Lipinski definition) is 2. The second-order valence-electron chi connectivity index (χ2n) is 2.66. The van der Waals surface area contributed by atoms with E-state index in [4.69, 9.17) is 0 Å². The number of anilines is 1. The van der Waals surface area contributed by atoms with Crippen molar-refractivity contribution in [2.45, 2.75) is 0 Å². The lowest BCUT2D eigenvalue weighted by molar-refractivity contribution is 1.31. The maximum atomic E-state index is 3.89. The van der Waals surface area contributed by atoms with Gasteiger partial charge in [0.25, 0.3) is 0 Å². The van der Waals surface area contributed by atoms with E-state index in [0.29, 0.717) is 0 Å². The summed E-state index contributed by atoms with van der Waals surface area (Å²) in [5.74, 6) is 0. The highest BCUT2D eigenvalue weighted by atomic mass is 79.9. The molecular formula is C11H15BrN4. The van der Waals surface area contributed by atoms with Gasteiger partial charge in [-0.05, 0) is 40.2 Å². The summed E-state index contributed by atoms with van der Waals surface area (Å²) in [6.45, 7) is 0. The lowest BCUT2D eigenvalue weighted by Gasteiger charge is -1.93. The molecule has 4 N–H and O–H groups in total. The summed E-state index contributed by atoms with van der Waals surface area (Å²) in [4.78, 5) is 7.73. The number of rotatable bonds is 1. The van der Waals surface area contributed by atoms with E-state index in [1.807, 2.05) is 31.3 Å². The maximum Gasteiger partial charge on any atom is 0.0524 e. The molecule has 0 unspecified atom stereocenters. The van der Waals surface area contributed by atoms with E-state index in [0.717, 1.165) is 10.2 Å². The highest BCUT2D eigenvalue weighted by molar-refractivity contribution is 9.10. The summed E-state index contributed by atoms with van der Waals surface area (Å²) >= 11 is 3.25. The van der Waals surface area contributed by atoms with Gasteiger partial charge in [0.1, 0.15) is 0 Å². The van der Waals surface area contributed by atoms with Crippen molar-refractivity contribution < 1.29 is 0 Å². The van der Waals surface area contributed by atoms with E-state index >= 15 is 0 Å². The maximum absolute atomic E-state index is 3.89. The quantitative estimate of drug-likeness (QED) is 0.843. The SMILES string of the molecule is Brc1cccnc1.CNc1cccnc1.N. The molecule has 0 bridgehead atoms. The van der Waals surface area contributed by atoms with Crippen molar-refractivity contribution in [2.75, 3.05) is 12.4 Å². The molecule has 2 heterocycles. The van der Waals surface area contributed by atoms with Crippen LogP contribution in [-0.4, -0.2) is 17.0 Å². The third-order valence-corrected chi connectivity index (χ3v) is 2.04. The van der Waals surface area contributed by atoms with Crippen LogP contribution in [0.15, 0.2) is 53.5 Å². The van der Waals surface area contributed by atoms with Crippen molar-refractivity contribution in [3.8, 4) is 0 Å². The van der Waals surface area contributed by atoms with Crippen LogP contribution in [0.2, 0.25) is 0 Å². The normalized spacial score (nSPS) is 8.12. The van der Waals surface area contributed by atoms with E-state index in [2.05, 4.69) is 31.2 Å². The van der Waals surface area contributed by atoms with Crippen molar-refractivity contribution in [2.24, 2.45) is 0 Å². The molecule has 0 aliphatic rings. The van der Waals surface area contributed by atoms with Crippen molar-refractivity contribution in [3.05, 3.63) is 53.5 Å². The molecule has 5 heteroatoms. The first-order valence-corrected chi connectivity index (χ1v) is 5.25. The van der Waals surface area contributed by atoms with Crippen molar-refractivity contribution >= 4 is 21.6 Å². The molecule has 2 aromatic heterocycles. The van der Waals surface area contributed by atoms with Gasteiger partial charge in [-0.1, -0.05) is 0 Å². The summed E-state index contributed by atoms with van der Waals surface area (Å²) in [7, 11) is 1.87. The Hall–Kier alpha value is -1.46. The second-order valence-corrected chi connectivity index (χ2v) is 3.58. The monoisotopic (exact) mass is 282 g/mol. The summed E-state index contributed by atoms with van der Waals surface area (Å²) in [5.41, 5.74) is 1.05. The summed E-state index contributed by atoms with van der Waals surface area (Å²) in [6, 6.07) is 7.68. The van der Waals surface area contributed by atoms with Crippen molar-refractivity contribution in [3.63, 3.8) is 0 Å². The van der Waals surface area contributed by atoms with Crippen molar-refractivity contribution in [1.29, 1.82) is 0 Å². The van der Waals surface area contributed by atoms with Gasteiger partial charge in [0, 0.05) is 36.3 Å². The molecule has 0 fully saturated rings. The first kappa shape index (κ1) is 14.5. The van der Waals surface area contributed by atoms with Crippen LogP contribution in [0, 0.1) is 0 Å². The Morgan fingerprint density at radius 2 is 1.69 bits per heavy atom. The molecule has 0 saturated carbocycles. The smallest absolute Gasteiger partial charge is 0.0524 e. The van der Waals surface area contributed by atoms with Crippen LogP contribution in [-0.2, 0) is 0 Å². The zero-order valence-corrected chi connectivity index (χ0v) is 10.7. The van der Waals surface area contributed by atoms with Gasteiger partial charge in [-0.2, -0.15) is 0 Å². The number of hydrogen-bond acceptors (Lipinski definition) is 4. The number of halogens is 1. The highest BCUT2D eigenvalue weighted by Crippen LogP contribution is 2.03. The Labute approximate surface area is 104 Å². The fourth-order valence-electron chi connectivity index (χ4n) is 0.853. The standard InChI is InChI=1S/C6H8N2.C5H4BrN.H3N/c1-7-6-3-2-4-8-5-6;6-5-2-1-3-7-4-5;/h2-5,7H,1H3;1-4H;1H3. The molecule has 0 amide bonds. The molecule has 0 aromatic carbocycles. The van der Waals surface area contributed by atoms with Gasteiger partial charge in [0.05, 0.1) is 5.69 Å². The minimum atomic E-state index is 0. The lowest BCUT2D eigenvalue weighted by Crippen LogP contribution is -1.86. The van der Waals surface area contributed by atoms with E-state index in [1.54, 1.807) is 24.8 Å². The predicted molar refractivity (Wildman–Crippen MR) is 70.7 cm³/mol.